The van der Waals surface area contributed by atoms with Gasteiger partial charge in [0, 0.05) is 39.3 Å². The van der Waals surface area contributed by atoms with Gasteiger partial charge in [0.25, 0.3) is 0 Å². The van der Waals surface area contributed by atoms with Crippen molar-refractivity contribution in [2.45, 2.75) is 18.8 Å². The van der Waals surface area contributed by atoms with Crippen molar-refractivity contribution in [1.82, 2.24) is 9.80 Å². The van der Waals surface area contributed by atoms with Crippen LogP contribution in [0, 0.1) is 0 Å². The molecule has 5 nitrogen and oxygen atoms in total. The average Bonchev–Trinajstić information content (AvgIpc) is 2.56. The van der Waals surface area contributed by atoms with E-state index in [0.717, 1.165) is 17.7 Å². The third-order valence-electron chi connectivity index (χ3n) is 4.23. The quantitative estimate of drug-likeness (QED) is 0.816. The van der Waals surface area contributed by atoms with Crippen LogP contribution in [-0.4, -0.2) is 61.6 Å². The number of nitrogens with zero attached hydrogens (tertiary/aromatic N) is 2. The van der Waals surface area contributed by atoms with Crippen molar-refractivity contribution in [2.24, 2.45) is 5.73 Å². The van der Waals surface area contributed by atoms with Crippen molar-refractivity contribution in [3.8, 4) is 0 Å². The Hall–Kier alpha value is -1.64. The van der Waals surface area contributed by atoms with Crippen molar-refractivity contribution >= 4 is 5.97 Å². The highest BCUT2D eigenvalue weighted by atomic mass is 19.4. The van der Waals surface area contributed by atoms with E-state index in [-0.39, 0.29) is 12.5 Å². The number of carbonyl (C=O) groups is 1. The molecule has 1 aliphatic rings. The first kappa shape index (κ1) is 18.7. The van der Waals surface area contributed by atoms with Crippen LogP contribution in [-0.2, 0) is 22.3 Å². The summed E-state index contributed by atoms with van der Waals surface area (Å²) >= 11 is 0. The molecule has 2 rings (SSSR count). The largest absolute Gasteiger partial charge is 0.468 e. The van der Waals surface area contributed by atoms with E-state index >= 15 is 0 Å². The van der Waals surface area contributed by atoms with Gasteiger partial charge in [-0.3, -0.25) is 14.6 Å². The Morgan fingerprint density at radius 2 is 1.79 bits per heavy atom. The minimum absolute atomic E-state index is 0.200. The Kier molecular flexibility index (Phi) is 6.20. The lowest BCUT2D eigenvalue weighted by Crippen LogP contribution is -2.55. The molecular weight excluding hydrogens is 323 g/mol. The zero-order chi connectivity index (χ0) is 17.7. The topological polar surface area (TPSA) is 58.8 Å². The molecule has 8 heteroatoms. The maximum atomic E-state index is 12.6. The van der Waals surface area contributed by atoms with E-state index < -0.39 is 17.8 Å². The van der Waals surface area contributed by atoms with Gasteiger partial charge < -0.3 is 10.5 Å². The fourth-order valence-corrected chi connectivity index (χ4v) is 2.82. The summed E-state index contributed by atoms with van der Waals surface area (Å²) in [4.78, 5) is 15.8. The Balaban J connectivity index is 1.88. The minimum Gasteiger partial charge on any atom is -0.468 e. The molecule has 0 aliphatic carbocycles. The number of alkyl halides is 3. The van der Waals surface area contributed by atoms with Crippen molar-refractivity contribution in [3.05, 3.63) is 35.4 Å². The molecule has 1 saturated heterocycles. The number of carbonyl (C=O) groups excluding carboxylic acids is 1. The summed E-state index contributed by atoms with van der Waals surface area (Å²) in [5.41, 5.74) is 5.83. The summed E-state index contributed by atoms with van der Waals surface area (Å²) in [5.74, 6) is -0.339. The first-order valence-electron chi connectivity index (χ1n) is 7.75. The molecule has 0 bridgehead atoms. The molecule has 1 aromatic rings. The van der Waals surface area contributed by atoms with Gasteiger partial charge in [-0.05, 0) is 17.7 Å². The number of piperazine rings is 1. The molecule has 1 aromatic carbocycles. The number of benzene rings is 1. The molecule has 0 spiro atoms. The normalized spacial score (nSPS) is 18.4. The second-order valence-electron chi connectivity index (χ2n) is 5.78. The first-order valence-corrected chi connectivity index (χ1v) is 7.75. The van der Waals surface area contributed by atoms with Gasteiger partial charge in [-0.25, -0.2) is 0 Å². The zero-order valence-corrected chi connectivity index (χ0v) is 13.6. The molecule has 1 atom stereocenters. The predicted octanol–water partition coefficient (Wildman–Crippen LogP) is 1.32. The number of nitrogens with two attached hydrogens (primary N) is 1. The van der Waals surface area contributed by atoms with Crippen LogP contribution in [0.4, 0.5) is 13.2 Å². The second-order valence-corrected chi connectivity index (χ2v) is 5.78. The summed E-state index contributed by atoms with van der Waals surface area (Å²) in [5, 5.41) is 0. The number of halogens is 3. The van der Waals surface area contributed by atoms with Gasteiger partial charge in [0.2, 0.25) is 0 Å². The lowest BCUT2D eigenvalue weighted by Gasteiger charge is -2.37. The van der Waals surface area contributed by atoms with Gasteiger partial charge in [0.1, 0.15) is 6.04 Å². The third kappa shape index (κ3) is 4.68. The molecule has 2 N–H and O–H groups in total. The molecule has 0 amide bonds. The molecule has 1 aliphatic heterocycles. The smallest absolute Gasteiger partial charge is 0.416 e. The molecule has 0 unspecified atom stereocenters. The monoisotopic (exact) mass is 345 g/mol. The summed E-state index contributed by atoms with van der Waals surface area (Å²) in [6.45, 7) is 3.54. The van der Waals surface area contributed by atoms with Crippen LogP contribution in [0.3, 0.4) is 0 Å². The Bertz CT molecular complexity index is 540. The maximum absolute atomic E-state index is 12.6. The Labute approximate surface area is 139 Å². The molecule has 24 heavy (non-hydrogen) atoms. The molecule has 1 fully saturated rings. The van der Waals surface area contributed by atoms with Crippen molar-refractivity contribution in [2.75, 3.05) is 39.8 Å². The van der Waals surface area contributed by atoms with Crippen LogP contribution in [0.5, 0.6) is 0 Å². The number of hydrogen-bond acceptors (Lipinski definition) is 5. The van der Waals surface area contributed by atoms with E-state index in [2.05, 4.69) is 4.90 Å². The van der Waals surface area contributed by atoms with E-state index in [1.807, 2.05) is 4.90 Å². The van der Waals surface area contributed by atoms with E-state index in [4.69, 9.17) is 10.5 Å². The van der Waals surface area contributed by atoms with Crippen molar-refractivity contribution in [3.63, 3.8) is 0 Å². The highest BCUT2D eigenvalue weighted by Crippen LogP contribution is 2.29. The summed E-state index contributed by atoms with van der Waals surface area (Å²) in [7, 11) is 1.34. The van der Waals surface area contributed by atoms with Crippen LogP contribution >= 0.6 is 0 Å². The lowest BCUT2D eigenvalue weighted by molar-refractivity contribution is -0.147. The molecule has 1 heterocycles. The van der Waals surface area contributed by atoms with Crippen LogP contribution < -0.4 is 5.73 Å². The van der Waals surface area contributed by atoms with Gasteiger partial charge >= 0.3 is 12.1 Å². The SMILES string of the molecule is COC(=O)[C@H](CN)N1CCN(Cc2ccc(C(F)(F)F)cc2)CC1. The van der Waals surface area contributed by atoms with E-state index in [0.29, 0.717) is 32.7 Å². The number of hydrogen-bond donors (Lipinski definition) is 1. The van der Waals surface area contributed by atoms with Crippen molar-refractivity contribution in [1.29, 1.82) is 0 Å². The molecular formula is C16H22F3N3O2. The zero-order valence-electron chi connectivity index (χ0n) is 13.6. The number of esters is 1. The summed E-state index contributed by atoms with van der Waals surface area (Å²) in [6, 6.07) is 4.78. The maximum Gasteiger partial charge on any atom is 0.416 e. The van der Waals surface area contributed by atoms with Crippen LogP contribution in [0.15, 0.2) is 24.3 Å². The van der Waals surface area contributed by atoms with Gasteiger partial charge in [-0.1, -0.05) is 12.1 Å². The van der Waals surface area contributed by atoms with Gasteiger partial charge in [0.05, 0.1) is 12.7 Å². The van der Waals surface area contributed by atoms with Gasteiger partial charge in [0.15, 0.2) is 0 Å². The van der Waals surface area contributed by atoms with Gasteiger partial charge in [-0.2, -0.15) is 13.2 Å². The second kappa shape index (κ2) is 7.96. The third-order valence-corrected chi connectivity index (χ3v) is 4.23. The summed E-state index contributed by atoms with van der Waals surface area (Å²) in [6.07, 6.45) is -4.31. The average molecular weight is 345 g/mol. The number of rotatable bonds is 5. The van der Waals surface area contributed by atoms with Gasteiger partial charge in [-0.15, -0.1) is 0 Å². The predicted molar refractivity (Wildman–Crippen MR) is 83.2 cm³/mol. The van der Waals surface area contributed by atoms with Crippen LogP contribution in [0.1, 0.15) is 11.1 Å². The molecule has 0 aromatic heterocycles. The van der Waals surface area contributed by atoms with Crippen molar-refractivity contribution < 1.29 is 22.7 Å². The molecule has 0 radical (unpaired) electrons. The Morgan fingerprint density at radius 1 is 1.21 bits per heavy atom. The van der Waals surface area contributed by atoms with Crippen LogP contribution in [0.25, 0.3) is 0 Å². The Morgan fingerprint density at radius 3 is 2.25 bits per heavy atom. The van der Waals surface area contributed by atoms with E-state index in [1.54, 1.807) is 0 Å². The lowest BCUT2D eigenvalue weighted by atomic mass is 10.1. The fraction of sp³-hybridized carbons (Fsp3) is 0.562. The minimum atomic E-state index is -4.31. The highest BCUT2D eigenvalue weighted by molar-refractivity contribution is 5.75. The first-order chi connectivity index (χ1) is 11.3. The fourth-order valence-electron chi connectivity index (χ4n) is 2.82. The summed E-state index contributed by atoms with van der Waals surface area (Å²) < 4.78 is 42.4. The standard InChI is InChI=1S/C16H22F3N3O2/c1-24-15(23)14(10-20)22-8-6-21(7-9-22)11-12-2-4-13(5-3-12)16(17,18)19/h2-5,14H,6-11,20H2,1H3/t14-/m0/s1. The van der Waals surface area contributed by atoms with E-state index in [1.165, 1.54) is 19.2 Å². The number of ether oxygens (including phenoxy) is 1. The highest BCUT2D eigenvalue weighted by Gasteiger charge is 2.30. The van der Waals surface area contributed by atoms with Crippen LogP contribution in [0.2, 0.25) is 0 Å². The van der Waals surface area contributed by atoms with E-state index in [9.17, 15) is 18.0 Å². The molecule has 134 valence electrons. The molecule has 0 saturated carbocycles. The number of methoxy groups -OCH3 is 1.